The summed E-state index contributed by atoms with van der Waals surface area (Å²) < 4.78 is 0.962. The normalized spacial score (nSPS) is 13.0. The van der Waals surface area contributed by atoms with Crippen molar-refractivity contribution >= 4 is 15.9 Å². The van der Waals surface area contributed by atoms with Crippen LogP contribution in [0, 0.1) is 5.92 Å². The molecule has 0 saturated heterocycles. The predicted octanol–water partition coefficient (Wildman–Crippen LogP) is 2.65. The second-order valence-electron chi connectivity index (χ2n) is 4.67. The summed E-state index contributed by atoms with van der Waals surface area (Å²) in [6.45, 7) is 5.03. The van der Waals surface area contributed by atoms with Crippen LogP contribution in [0.2, 0.25) is 0 Å². The van der Waals surface area contributed by atoms with Crippen molar-refractivity contribution in [3.8, 4) is 5.75 Å². The fraction of sp³-hybridized carbons (Fsp3) is 0.538. The molecule has 0 spiro atoms. The first kappa shape index (κ1) is 14.5. The number of benzene rings is 1. The van der Waals surface area contributed by atoms with Gasteiger partial charge >= 0.3 is 0 Å². The van der Waals surface area contributed by atoms with Crippen LogP contribution < -0.4 is 5.32 Å². The van der Waals surface area contributed by atoms with Gasteiger partial charge in [-0.3, -0.25) is 0 Å². The number of rotatable bonds is 6. The summed E-state index contributed by atoms with van der Waals surface area (Å²) in [5.41, 5.74) is 0.993. The maximum absolute atomic E-state index is 9.41. The van der Waals surface area contributed by atoms with Gasteiger partial charge in [0.15, 0.2) is 0 Å². The summed E-state index contributed by atoms with van der Waals surface area (Å²) in [5, 5.41) is 22.0. The molecule has 0 aliphatic heterocycles. The monoisotopic (exact) mass is 301 g/mol. The van der Waals surface area contributed by atoms with Crippen molar-refractivity contribution in [3.05, 3.63) is 28.2 Å². The van der Waals surface area contributed by atoms with Gasteiger partial charge in [0.05, 0.1) is 6.61 Å². The van der Waals surface area contributed by atoms with Crippen molar-refractivity contribution in [2.24, 2.45) is 5.92 Å². The van der Waals surface area contributed by atoms with Gasteiger partial charge in [0.25, 0.3) is 0 Å². The van der Waals surface area contributed by atoms with Gasteiger partial charge in [-0.15, -0.1) is 0 Å². The molecule has 0 saturated carbocycles. The molecule has 1 aromatic carbocycles. The molecule has 0 aromatic heterocycles. The van der Waals surface area contributed by atoms with E-state index < -0.39 is 0 Å². The first-order valence-corrected chi connectivity index (χ1v) is 6.64. The van der Waals surface area contributed by atoms with E-state index >= 15 is 0 Å². The first-order valence-electron chi connectivity index (χ1n) is 5.84. The number of hydrogen-bond donors (Lipinski definition) is 3. The molecule has 1 rings (SSSR count). The van der Waals surface area contributed by atoms with E-state index in [9.17, 15) is 10.2 Å². The number of aromatic hydroxyl groups is 1. The van der Waals surface area contributed by atoms with Gasteiger partial charge < -0.3 is 15.5 Å². The van der Waals surface area contributed by atoms with Crippen molar-refractivity contribution < 1.29 is 10.2 Å². The van der Waals surface area contributed by atoms with E-state index in [1.807, 2.05) is 6.07 Å². The Morgan fingerprint density at radius 1 is 1.35 bits per heavy atom. The highest BCUT2D eigenvalue weighted by Gasteiger charge is 2.10. The summed E-state index contributed by atoms with van der Waals surface area (Å²) in [7, 11) is 0. The van der Waals surface area contributed by atoms with Gasteiger partial charge in [-0.05, 0) is 36.1 Å². The average Bonchev–Trinajstić information content (AvgIpc) is 2.28. The number of phenols is 1. The van der Waals surface area contributed by atoms with Gasteiger partial charge in [-0.25, -0.2) is 0 Å². The zero-order valence-corrected chi connectivity index (χ0v) is 11.9. The minimum Gasteiger partial charge on any atom is -0.508 e. The molecule has 0 radical (unpaired) electrons. The fourth-order valence-electron chi connectivity index (χ4n) is 1.74. The largest absolute Gasteiger partial charge is 0.508 e. The van der Waals surface area contributed by atoms with Gasteiger partial charge in [-0.1, -0.05) is 29.8 Å². The number of aliphatic hydroxyl groups is 1. The summed E-state index contributed by atoms with van der Waals surface area (Å²) >= 11 is 3.44. The summed E-state index contributed by atoms with van der Waals surface area (Å²) in [4.78, 5) is 0. The van der Waals surface area contributed by atoms with Crippen LogP contribution in [-0.4, -0.2) is 22.9 Å². The van der Waals surface area contributed by atoms with Crippen LogP contribution in [0.25, 0.3) is 0 Å². The molecule has 3 nitrogen and oxygen atoms in total. The Morgan fingerprint density at radius 3 is 2.65 bits per heavy atom. The lowest BCUT2D eigenvalue weighted by Crippen LogP contribution is -2.33. The van der Waals surface area contributed by atoms with Crippen molar-refractivity contribution in [1.29, 1.82) is 0 Å². The van der Waals surface area contributed by atoms with E-state index in [0.29, 0.717) is 12.5 Å². The van der Waals surface area contributed by atoms with Crippen molar-refractivity contribution in [2.45, 2.75) is 32.9 Å². The number of aliphatic hydroxyl groups excluding tert-OH is 1. The zero-order chi connectivity index (χ0) is 12.8. The third-order valence-corrected chi connectivity index (χ3v) is 3.36. The molecular formula is C13H20BrNO2. The fourth-order valence-corrected chi connectivity index (χ4v) is 2.13. The molecule has 1 aromatic rings. The van der Waals surface area contributed by atoms with E-state index in [4.69, 9.17) is 0 Å². The van der Waals surface area contributed by atoms with Crippen LogP contribution in [0.1, 0.15) is 25.8 Å². The van der Waals surface area contributed by atoms with E-state index in [-0.39, 0.29) is 18.4 Å². The smallest absolute Gasteiger partial charge is 0.115 e. The minimum absolute atomic E-state index is 0.101. The number of halogens is 1. The maximum Gasteiger partial charge on any atom is 0.115 e. The van der Waals surface area contributed by atoms with E-state index in [1.54, 1.807) is 12.1 Å². The second kappa shape index (κ2) is 6.99. The first-order chi connectivity index (χ1) is 8.02. The van der Waals surface area contributed by atoms with Gasteiger partial charge in [0.2, 0.25) is 0 Å². The molecule has 1 unspecified atom stereocenters. The van der Waals surface area contributed by atoms with Crippen LogP contribution in [-0.2, 0) is 6.54 Å². The molecule has 4 heteroatoms. The Balaban J connectivity index is 2.56. The maximum atomic E-state index is 9.41. The van der Waals surface area contributed by atoms with Crippen LogP contribution in [0.15, 0.2) is 22.7 Å². The highest BCUT2D eigenvalue weighted by Crippen LogP contribution is 2.21. The zero-order valence-electron chi connectivity index (χ0n) is 10.3. The Bertz CT molecular complexity index is 355. The number of hydrogen-bond acceptors (Lipinski definition) is 3. The highest BCUT2D eigenvalue weighted by molar-refractivity contribution is 9.10. The Labute approximate surface area is 111 Å². The third kappa shape index (κ3) is 5.06. The molecule has 0 heterocycles. The molecule has 0 bridgehead atoms. The van der Waals surface area contributed by atoms with Crippen molar-refractivity contribution in [1.82, 2.24) is 5.32 Å². The Hall–Kier alpha value is -0.580. The number of nitrogens with one attached hydrogen (secondary N) is 1. The number of phenolic OH excluding ortho intramolecular Hbond substituents is 1. The summed E-state index contributed by atoms with van der Waals surface area (Å²) in [6, 6.07) is 5.29. The second-order valence-corrected chi connectivity index (χ2v) is 5.52. The van der Waals surface area contributed by atoms with Crippen LogP contribution in [0.3, 0.4) is 0 Å². The molecule has 0 amide bonds. The van der Waals surface area contributed by atoms with Gasteiger partial charge in [0.1, 0.15) is 5.75 Å². The summed E-state index contributed by atoms with van der Waals surface area (Å²) in [5.74, 6) is 0.807. The minimum atomic E-state index is 0.101. The standard InChI is InChI=1S/C13H20BrNO2/c1-9(2)5-11(8-16)15-7-10-6-12(17)3-4-13(10)14/h3-4,6,9,11,15-17H,5,7-8H2,1-2H3. The Morgan fingerprint density at radius 2 is 2.06 bits per heavy atom. The van der Waals surface area contributed by atoms with Crippen LogP contribution in [0.4, 0.5) is 0 Å². The van der Waals surface area contributed by atoms with Crippen molar-refractivity contribution in [3.63, 3.8) is 0 Å². The van der Waals surface area contributed by atoms with Gasteiger partial charge in [-0.2, -0.15) is 0 Å². The molecule has 3 N–H and O–H groups in total. The van der Waals surface area contributed by atoms with E-state index in [2.05, 4.69) is 35.1 Å². The quantitative estimate of drug-likeness (QED) is 0.757. The van der Waals surface area contributed by atoms with E-state index in [1.165, 1.54) is 0 Å². The summed E-state index contributed by atoms with van der Waals surface area (Å²) in [6.07, 6.45) is 0.937. The molecular weight excluding hydrogens is 282 g/mol. The molecule has 17 heavy (non-hydrogen) atoms. The lowest BCUT2D eigenvalue weighted by molar-refractivity contribution is 0.223. The van der Waals surface area contributed by atoms with E-state index in [0.717, 1.165) is 16.5 Å². The van der Waals surface area contributed by atoms with Crippen LogP contribution in [0.5, 0.6) is 5.75 Å². The molecule has 96 valence electrons. The lowest BCUT2D eigenvalue weighted by atomic mass is 10.0. The highest BCUT2D eigenvalue weighted by atomic mass is 79.9. The van der Waals surface area contributed by atoms with Gasteiger partial charge in [0, 0.05) is 17.1 Å². The topological polar surface area (TPSA) is 52.5 Å². The average molecular weight is 302 g/mol. The predicted molar refractivity (Wildman–Crippen MR) is 73.0 cm³/mol. The molecule has 0 fully saturated rings. The molecule has 0 aliphatic rings. The van der Waals surface area contributed by atoms with Crippen molar-refractivity contribution in [2.75, 3.05) is 6.61 Å². The van der Waals surface area contributed by atoms with Crippen LogP contribution >= 0.6 is 15.9 Å². The molecule has 0 aliphatic carbocycles. The molecule has 1 atom stereocenters. The lowest BCUT2D eigenvalue weighted by Gasteiger charge is -2.18. The third-order valence-electron chi connectivity index (χ3n) is 2.59. The SMILES string of the molecule is CC(C)CC(CO)NCc1cc(O)ccc1Br. The Kier molecular flexibility index (Phi) is 5.95.